The first kappa shape index (κ1) is 13.7. The van der Waals surface area contributed by atoms with Crippen LogP contribution in [0.5, 0.6) is 0 Å². The molecule has 3 heteroatoms. The van der Waals surface area contributed by atoms with Crippen LogP contribution >= 0.6 is 0 Å². The molecule has 19 heavy (non-hydrogen) atoms. The molecule has 1 heterocycles. The smallest absolute Gasteiger partial charge is 0.251 e. The van der Waals surface area contributed by atoms with Gasteiger partial charge >= 0.3 is 0 Å². The molecular formula is C16H22N2O. The number of aromatic nitrogens is 1. The lowest BCUT2D eigenvalue weighted by Gasteiger charge is -2.13. The Morgan fingerprint density at radius 3 is 2.95 bits per heavy atom. The van der Waals surface area contributed by atoms with Crippen LogP contribution in [0.15, 0.2) is 30.5 Å². The molecule has 0 saturated heterocycles. The van der Waals surface area contributed by atoms with Gasteiger partial charge in [0.25, 0.3) is 5.91 Å². The topological polar surface area (TPSA) is 44.9 Å². The zero-order valence-corrected chi connectivity index (χ0v) is 11.7. The van der Waals surface area contributed by atoms with Gasteiger partial charge in [-0.2, -0.15) is 0 Å². The van der Waals surface area contributed by atoms with E-state index in [9.17, 15) is 4.79 Å². The van der Waals surface area contributed by atoms with Gasteiger partial charge < -0.3 is 10.3 Å². The molecule has 0 saturated carbocycles. The summed E-state index contributed by atoms with van der Waals surface area (Å²) in [5.41, 5.74) is 1.79. The minimum Gasteiger partial charge on any atom is -0.361 e. The molecule has 0 aliphatic carbocycles. The Morgan fingerprint density at radius 2 is 2.16 bits per heavy atom. The lowest BCUT2D eigenvalue weighted by molar-refractivity contribution is 0.0938. The molecule has 1 unspecified atom stereocenters. The van der Waals surface area contributed by atoms with Crippen LogP contribution in [0.25, 0.3) is 10.9 Å². The van der Waals surface area contributed by atoms with Gasteiger partial charge in [0.15, 0.2) is 0 Å². The Balaban J connectivity index is 1.95. The highest BCUT2D eigenvalue weighted by atomic mass is 16.1. The minimum absolute atomic E-state index is 0.0205. The third-order valence-corrected chi connectivity index (χ3v) is 3.43. The van der Waals surface area contributed by atoms with E-state index in [4.69, 9.17) is 0 Å². The van der Waals surface area contributed by atoms with Crippen LogP contribution in [-0.4, -0.2) is 16.9 Å². The molecule has 0 aliphatic rings. The zero-order chi connectivity index (χ0) is 13.7. The summed E-state index contributed by atoms with van der Waals surface area (Å²) in [5, 5.41) is 4.14. The van der Waals surface area contributed by atoms with Crippen molar-refractivity contribution in [3.05, 3.63) is 36.0 Å². The van der Waals surface area contributed by atoms with Gasteiger partial charge in [-0.25, -0.2) is 0 Å². The normalized spacial score (nSPS) is 12.5. The number of aromatic amines is 1. The molecule has 0 bridgehead atoms. The molecule has 3 nitrogen and oxygen atoms in total. The fraction of sp³-hybridized carbons (Fsp3) is 0.438. The van der Waals surface area contributed by atoms with E-state index in [0.29, 0.717) is 0 Å². The van der Waals surface area contributed by atoms with E-state index >= 15 is 0 Å². The zero-order valence-electron chi connectivity index (χ0n) is 11.7. The number of benzene rings is 1. The summed E-state index contributed by atoms with van der Waals surface area (Å²) >= 11 is 0. The van der Waals surface area contributed by atoms with Crippen molar-refractivity contribution in [3.8, 4) is 0 Å². The third kappa shape index (κ3) is 3.60. The van der Waals surface area contributed by atoms with E-state index in [1.54, 1.807) is 0 Å². The molecule has 0 spiro atoms. The van der Waals surface area contributed by atoms with Crippen molar-refractivity contribution in [2.45, 2.75) is 45.6 Å². The van der Waals surface area contributed by atoms with Gasteiger partial charge in [0, 0.05) is 28.7 Å². The van der Waals surface area contributed by atoms with Crippen molar-refractivity contribution in [3.63, 3.8) is 0 Å². The Morgan fingerprint density at radius 1 is 1.32 bits per heavy atom. The molecule has 1 aromatic carbocycles. The van der Waals surface area contributed by atoms with Crippen molar-refractivity contribution in [2.75, 3.05) is 0 Å². The van der Waals surface area contributed by atoms with E-state index in [1.165, 1.54) is 19.3 Å². The maximum atomic E-state index is 12.1. The molecule has 0 radical (unpaired) electrons. The Hall–Kier alpha value is -1.77. The Labute approximate surface area is 114 Å². The monoisotopic (exact) mass is 258 g/mol. The number of rotatable bonds is 6. The van der Waals surface area contributed by atoms with Crippen LogP contribution in [0.1, 0.15) is 49.9 Å². The highest BCUT2D eigenvalue weighted by Gasteiger charge is 2.10. The summed E-state index contributed by atoms with van der Waals surface area (Å²) in [6.07, 6.45) is 6.56. The van der Waals surface area contributed by atoms with Crippen molar-refractivity contribution >= 4 is 16.8 Å². The highest BCUT2D eigenvalue weighted by Crippen LogP contribution is 2.14. The molecule has 1 aromatic heterocycles. The average Bonchev–Trinajstić information content (AvgIpc) is 2.86. The predicted molar refractivity (Wildman–Crippen MR) is 79.4 cm³/mol. The molecular weight excluding hydrogens is 236 g/mol. The van der Waals surface area contributed by atoms with Gasteiger partial charge in [0.1, 0.15) is 0 Å². The number of nitrogens with one attached hydrogen (secondary N) is 2. The summed E-state index contributed by atoms with van der Waals surface area (Å²) in [4.78, 5) is 15.3. The lowest BCUT2D eigenvalue weighted by atomic mass is 10.1. The van der Waals surface area contributed by atoms with Crippen molar-refractivity contribution < 1.29 is 4.79 Å². The van der Waals surface area contributed by atoms with Gasteiger partial charge in [-0.05, 0) is 37.6 Å². The van der Waals surface area contributed by atoms with Gasteiger partial charge in [0.05, 0.1) is 0 Å². The van der Waals surface area contributed by atoms with Crippen molar-refractivity contribution in [1.82, 2.24) is 10.3 Å². The van der Waals surface area contributed by atoms with E-state index in [-0.39, 0.29) is 11.9 Å². The molecule has 1 amide bonds. The second kappa shape index (κ2) is 6.41. The Bertz CT molecular complexity index is 544. The van der Waals surface area contributed by atoms with Crippen LogP contribution < -0.4 is 5.32 Å². The van der Waals surface area contributed by atoms with Crippen molar-refractivity contribution in [2.24, 2.45) is 0 Å². The first-order valence-corrected chi connectivity index (χ1v) is 7.08. The van der Waals surface area contributed by atoms with Crippen LogP contribution in [0.3, 0.4) is 0 Å². The molecule has 1 atom stereocenters. The maximum absolute atomic E-state index is 12.1. The molecule has 0 fully saturated rings. The first-order chi connectivity index (χ1) is 9.20. The van der Waals surface area contributed by atoms with Gasteiger partial charge in [-0.3, -0.25) is 4.79 Å². The summed E-state index contributed by atoms with van der Waals surface area (Å²) in [6.45, 7) is 4.26. The number of carbonyl (C=O) groups is 1. The quantitative estimate of drug-likeness (QED) is 0.759. The molecule has 102 valence electrons. The van der Waals surface area contributed by atoms with E-state index in [0.717, 1.165) is 22.9 Å². The molecule has 0 aliphatic heterocycles. The fourth-order valence-corrected chi connectivity index (χ4v) is 2.27. The van der Waals surface area contributed by atoms with Gasteiger partial charge in [-0.15, -0.1) is 0 Å². The summed E-state index contributed by atoms with van der Waals surface area (Å²) in [5.74, 6) is 0.0205. The van der Waals surface area contributed by atoms with Crippen LogP contribution in [-0.2, 0) is 0 Å². The van der Waals surface area contributed by atoms with Gasteiger partial charge in [-0.1, -0.05) is 26.2 Å². The Kier molecular flexibility index (Phi) is 4.61. The standard InChI is InChI=1S/C16H22N2O/c1-3-4-5-6-12(2)18-16(19)14-7-8-15-13(11-14)9-10-17-15/h7-12,17H,3-6H2,1-2H3,(H,18,19). The SMILES string of the molecule is CCCCCC(C)NC(=O)c1ccc2[nH]ccc2c1. The lowest BCUT2D eigenvalue weighted by Crippen LogP contribution is -2.32. The number of hydrogen-bond acceptors (Lipinski definition) is 1. The van der Waals surface area contributed by atoms with Crippen molar-refractivity contribution in [1.29, 1.82) is 0 Å². The number of unbranched alkanes of at least 4 members (excludes halogenated alkanes) is 2. The molecule has 2 aromatic rings. The van der Waals surface area contributed by atoms with E-state index in [2.05, 4.69) is 24.1 Å². The second-order valence-corrected chi connectivity index (χ2v) is 5.15. The predicted octanol–water partition coefficient (Wildman–Crippen LogP) is 3.87. The summed E-state index contributed by atoms with van der Waals surface area (Å²) < 4.78 is 0. The first-order valence-electron chi connectivity index (χ1n) is 7.08. The third-order valence-electron chi connectivity index (χ3n) is 3.43. The maximum Gasteiger partial charge on any atom is 0.251 e. The largest absolute Gasteiger partial charge is 0.361 e. The number of hydrogen-bond donors (Lipinski definition) is 2. The number of fused-ring (bicyclic) bond motifs is 1. The van der Waals surface area contributed by atoms with Gasteiger partial charge in [0.2, 0.25) is 0 Å². The van der Waals surface area contributed by atoms with Crippen LogP contribution in [0.4, 0.5) is 0 Å². The van der Waals surface area contributed by atoms with E-state index in [1.807, 2.05) is 30.5 Å². The van der Waals surface area contributed by atoms with Crippen LogP contribution in [0.2, 0.25) is 0 Å². The number of H-pyrrole nitrogens is 1. The molecule has 2 N–H and O–H groups in total. The summed E-state index contributed by atoms with van der Waals surface area (Å²) in [7, 11) is 0. The highest BCUT2D eigenvalue weighted by molar-refractivity contribution is 5.98. The molecule has 2 rings (SSSR count). The number of carbonyl (C=O) groups excluding carboxylic acids is 1. The fourth-order valence-electron chi connectivity index (χ4n) is 2.27. The van der Waals surface area contributed by atoms with E-state index < -0.39 is 0 Å². The summed E-state index contributed by atoms with van der Waals surface area (Å²) in [6, 6.07) is 7.97. The van der Waals surface area contributed by atoms with Crippen LogP contribution in [0, 0.1) is 0 Å². The average molecular weight is 258 g/mol. The minimum atomic E-state index is 0.0205. The second-order valence-electron chi connectivity index (χ2n) is 5.15. The number of amides is 1.